The molecule has 5 nitrogen and oxygen atoms in total. The number of phenols is 1. The van der Waals surface area contributed by atoms with E-state index in [4.69, 9.17) is 16.1 Å². The molecule has 0 bridgehead atoms. The van der Waals surface area contributed by atoms with Gasteiger partial charge in [-0.25, -0.2) is 0 Å². The Bertz CT molecular complexity index is 713. The van der Waals surface area contributed by atoms with Crippen LogP contribution in [0.25, 0.3) is 22.8 Å². The molecule has 0 fully saturated rings. The van der Waals surface area contributed by atoms with Gasteiger partial charge in [0.2, 0.25) is 5.82 Å². The fourth-order valence-electron chi connectivity index (χ4n) is 1.60. The van der Waals surface area contributed by atoms with Gasteiger partial charge in [-0.15, -0.1) is 0 Å². The van der Waals surface area contributed by atoms with Crippen LogP contribution in [0.5, 0.6) is 5.75 Å². The van der Waals surface area contributed by atoms with E-state index in [1.165, 1.54) is 6.07 Å². The first-order valence-corrected chi connectivity index (χ1v) is 5.85. The number of nitrogens with zero attached hydrogens (tertiary/aromatic N) is 3. The molecular formula is C13H8ClN3O2. The highest BCUT2D eigenvalue weighted by molar-refractivity contribution is 6.32. The summed E-state index contributed by atoms with van der Waals surface area (Å²) in [6.07, 6.45) is 3.31. The van der Waals surface area contributed by atoms with Crippen LogP contribution < -0.4 is 0 Å². The topological polar surface area (TPSA) is 72.0 Å². The van der Waals surface area contributed by atoms with Gasteiger partial charge in [-0.1, -0.05) is 16.8 Å². The van der Waals surface area contributed by atoms with Crippen LogP contribution in [0.2, 0.25) is 5.02 Å². The van der Waals surface area contributed by atoms with E-state index in [0.29, 0.717) is 17.3 Å². The van der Waals surface area contributed by atoms with Crippen LogP contribution in [0.1, 0.15) is 0 Å². The van der Waals surface area contributed by atoms with E-state index in [-0.39, 0.29) is 10.8 Å². The molecule has 0 aliphatic heterocycles. The molecule has 1 aromatic carbocycles. The maximum atomic E-state index is 9.37. The summed E-state index contributed by atoms with van der Waals surface area (Å²) in [5, 5.41) is 13.5. The van der Waals surface area contributed by atoms with Crippen molar-refractivity contribution in [3.8, 4) is 28.6 Å². The van der Waals surface area contributed by atoms with E-state index in [1.807, 2.05) is 0 Å². The molecule has 94 valence electrons. The van der Waals surface area contributed by atoms with Crippen LogP contribution in [0.4, 0.5) is 0 Å². The fraction of sp³-hybridized carbons (Fsp3) is 0. The summed E-state index contributed by atoms with van der Waals surface area (Å²) in [6, 6.07) is 8.29. The molecule has 0 atom stereocenters. The summed E-state index contributed by atoms with van der Waals surface area (Å²) in [6.45, 7) is 0. The minimum atomic E-state index is 0.0132. The average Bonchev–Trinajstić information content (AvgIpc) is 2.93. The van der Waals surface area contributed by atoms with Crippen molar-refractivity contribution in [3.63, 3.8) is 0 Å². The van der Waals surface area contributed by atoms with Crippen molar-refractivity contribution in [2.45, 2.75) is 0 Å². The van der Waals surface area contributed by atoms with Crippen LogP contribution in [-0.2, 0) is 0 Å². The lowest BCUT2D eigenvalue weighted by molar-refractivity contribution is 0.432. The second-order valence-electron chi connectivity index (χ2n) is 3.83. The van der Waals surface area contributed by atoms with Gasteiger partial charge < -0.3 is 9.63 Å². The van der Waals surface area contributed by atoms with Gasteiger partial charge in [0.05, 0.1) is 5.02 Å². The molecule has 1 N–H and O–H groups in total. The van der Waals surface area contributed by atoms with Crippen LogP contribution in [0.3, 0.4) is 0 Å². The normalized spacial score (nSPS) is 10.6. The lowest BCUT2D eigenvalue weighted by Gasteiger charge is -1.97. The molecule has 0 radical (unpaired) electrons. The van der Waals surface area contributed by atoms with Gasteiger partial charge >= 0.3 is 0 Å². The molecule has 3 rings (SSSR count). The fourth-order valence-corrected chi connectivity index (χ4v) is 1.78. The summed E-state index contributed by atoms with van der Waals surface area (Å²) < 4.78 is 5.18. The van der Waals surface area contributed by atoms with Gasteiger partial charge in [0.1, 0.15) is 5.75 Å². The summed E-state index contributed by atoms with van der Waals surface area (Å²) in [5.41, 5.74) is 1.46. The Morgan fingerprint density at radius 1 is 1.05 bits per heavy atom. The highest BCUT2D eigenvalue weighted by atomic mass is 35.5. The third-order valence-corrected chi connectivity index (χ3v) is 2.86. The number of benzene rings is 1. The minimum Gasteiger partial charge on any atom is -0.506 e. The Morgan fingerprint density at radius 2 is 1.84 bits per heavy atom. The molecule has 0 spiro atoms. The molecule has 6 heteroatoms. The predicted octanol–water partition coefficient (Wildman–Crippen LogP) is 3.16. The van der Waals surface area contributed by atoms with Crippen molar-refractivity contribution in [3.05, 3.63) is 47.7 Å². The molecule has 19 heavy (non-hydrogen) atoms. The van der Waals surface area contributed by atoms with Crippen LogP contribution in [-0.4, -0.2) is 20.2 Å². The van der Waals surface area contributed by atoms with E-state index in [1.54, 1.807) is 36.7 Å². The van der Waals surface area contributed by atoms with E-state index < -0.39 is 0 Å². The number of halogens is 1. The summed E-state index contributed by atoms with van der Waals surface area (Å²) >= 11 is 5.84. The molecule has 0 aliphatic rings. The first-order chi connectivity index (χ1) is 9.24. The lowest BCUT2D eigenvalue weighted by atomic mass is 10.2. The van der Waals surface area contributed by atoms with E-state index in [0.717, 1.165) is 5.56 Å². The van der Waals surface area contributed by atoms with Crippen LogP contribution in [0.15, 0.2) is 47.2 Å². The number of hydrogen-bond donors (Lipinski definition) is 1. The number of phenolic OH excluding ortho intramolecular Hbond substituents is 1. The molecular weight excluding hydrogens is 266 g/mol. The monoisotopic (exact) mass is 273 g/mol. The molecule has 2 heterocycles. The first-order valence-electron chi connectivity index (χ1n) is 5.47. The van der Waals surface area contributed by atoms with Crippen LogP contribution in [0, 0.1) is 0 Å². The average molecular weight is 274 g/mol. The largest absolute Gasteiger partial charge is 0.506 e. The zero-order valence-electron chi connectivity index (χ0n) is 9.62. The number of pyridine rings is 1. The summed E-state index contributed by atoms with van der Waals surface area (Å²) in [4.78, 5) is 8.20. The van der Waals surface area contributed by atoms with Gasteiger partial charge in [0.25, 0.3) is 5.89 Å². The Kier molecular flexibility index (Phi) is 2.89. The Morgan fingerprint density at radius 3 is 2.58 bits per heavy atom. The molecule has 0 saturated carbocycles. The zero-order valence-corrected chi connectivity index (χ0v) is 10.4. The van der Waals surface area contributed by atoms with Crippen LogP contribution >= 0.6 is 11.6 Å². The van der Waals surface area contributed by atoms with Crippen molar-refractivity contribution in [1.82, 2.24) is 15.1 Å². The third kappa shape index (κ3) is 2.28. The van der Waals surface area contributed by atoms with Gasteiger partial charge in [-0.05, 0) is 30.3 Å². The number of hydrogen-bond acceptors (Lipinski definition) is 5. The van der Waals surface area contributed by atoms with E-state index in [9.17, 15) is 5.11 Å². The molecule has 2 aromatic heterocycles. The standard InChI is InChI=1S/C13H8ClN3O2/c14-10-7-9(1-2-11(10)18)13-16-12(17-19-13)8-3-5-15-6-4-8/h1-7,18H. The van der Waals surface area contributed by atoms with Gasteiger partial charge in [-0.2, -0.15) is 4.98 Å². The maximum Gasteiger partial charge on any atom is 0.258 e. The summed E-state index contributed by atoms with van der Waals surface area (Å²) in [5.74, 6) is 0.828. The highest BCUT2D eigenvalue weighted by Crippen LogP contribution is 2.29. The van der Waals surface area contributed by atoms with Crippen molar-refractivity contribution in [1.29, 1.82) is 0 Å². The number of aromatic hydroxyl groups is 1. The third-order valence-electron chi connectivity index (χ3n) is 2.56. The quantitative estimate of drug-likeness (QED) is 0.776. The van der Waals surface area contributed by atoms with Gasteiger partial charge in [-0.3, -0.25) is 4.98 Å². The van der Waals surface area contributed by atoms with Crippen molar-refractivity contribution < 1.29 is 9.63 Å². The van der Waals surface area contributed by atoms with Gasteiger partial charge in [0, 0.05) is 23.5 Å². The highest BCUT2D eigenvalue weighted by Gasteiger charge is 2.11. The predicted molar refractivity (Wildman–Crippen MR) is 69.6 cm³/mol. The van der Waals surface area contributed by atoms with Crippen molar-refractivity contribution >= 4 is 11.6 Å². The molecule has 3 aromatic rings. The van der Waals surface area contributed by atoms with E-state index >= 15 is 0 Å². The first kappa shape index (κ1) is 11.7. The number of aromatic nitrogens is 3. The zero-order chi connectivity index (χ0) is 13.2. The SMILES string of the molecule is Oc1ccc(-c2nc(-c3ccncc3)no2)cc1Cl. The summed E-state index contributed by atoms with van der Waals surface area (Å²) in [7, 11) is 0. The second-order valence-corrected chi connectivity index (χ2v) is 4.23. The van der Waals surface area contributed by atoms with Crippen molar-refractivity contribution in [2.24, 2.45) is 0 Å². The van der Waals surface area contributed by atoms with Gasteiger partial charge in [0.15, 0.2) is 0 Å². The smallest absolute Gasteiger partial charge is 0.258 e. The lowest BCUT2D eigenvalue weighted by Crippen LogP contribution is -1.81. The van der Waals surface area contributed by atoms with E-state index in [2.05, 4.69) is 15.1 Å². The minimum absolute atomic E-state index is 0.0132. The Balaban J connectivity index is 1.99. The molecule has 0 saturated heterocycles. The Hall–Kier alpha value is -2.40. The number of rotatable bonds is 2. The molecule has 0 amide bonds. The van der Waals surface area contributed by atoms with Crippen molar-refractivity contribution in [2.75, 3.05) is 0 Å². The molecule has 0 aliphatic carbocycles. The molecule has 0 unspecified atom stereocenters. The Labute approximate surface area is 113 Å². The second kappa shape index (κ2) is 4.70. The maximum absolute atomic E-state index is 9.37.